The monoisotopic (exact) mass is 400 g/mol. The van der Waals surface area contributed by atoms with Gasteiger partial charge in [0.2, 0.25) is 11.5 Å². The molecule has 1 aromatic heterocycles. The van der Waals surface area contributed by atoms with E-state index in [-0.39, 0.29) is 33.7 Å². The summed E-state index contributed by atoms with van der Waals surface area (Å²) in [5.41, 5.74) is -1.72. The quantitative estimate of drug-likeness (QED) is 0.365. The van der Waals surface area contributed by atoms with Crippen LogP contribution >= 0.6 is 0 Å². The number of nitrogens with one attached hydrogen (secondary N) is 1. The van der Waals surface area contributed by atoms with Crippen molar-refractivity contribution in [3.05, 3.63) is 61.9 Å². The summed E-state index contributed by atoms with van der Waals surface area (Å²) in [6.45, 7) is 0. The number of methoxy groups -OCH3 is 3. The molecular weight excluding hydrogens is 384 g/mol. The lowest BCUT2D eigenvalue weighted by atomic mass is 10.00. The van der Waals surface area contributed by atoms with Crippen LogP contribution < -0.4 is 19.8 Å². The summed E-state index contributed by atoms with van der Waals surface area (Å²) >= 11 is 0. The lowest BCUT2D eigenvalue weighted by Gasteiger charge is -2.15. The number of aromatic amines is 1. The van der Waals surface area contributed by atoms with E-state index in [1.165, 1.54) is 39.5 Å². The summed E-state index contributed by atoms with van der Waals surface area (Å²) in [5.74, 6) is -0.931. The number of carbonyl (C=O) groups excluding carboxylic acids is 1. The molecule has 0 atom stereocenters. The lowest BCUT2D eigenvalue weighted by Crippen LogP contribution is -2.19. The lowest BCUT2D eigenvalue weighted by molar-refractivity contribution is -0.384. The molecule has 0 unspecified atom stereocenters. The number of carbonyl (C=O) groups is 1. The van der Waals surface area contributed by atoms with E-state index < -0.39 is 27.6 Å². The summed E-state index contributed by atoms with van der Waals surface area (Å²) < 4.78 is 15.7. The number of H-pyrrole nitrogens is 1. The first-order valence-electron chi connectivity index (χ1n) is 8.21. The van der Waals surface area contributed by atoms with Crippen molar-refractivity contribution in [1.29, 1.82) is 0 Å². The minimum Gasteiger partial charge on any atom is -0.506 e. The van der Waals surface area contributed by atoms with Gasteiger partial charge in [-0.1, -0.05) is 0 Å². The molecule has 10 heteroatoms. The molecule has 0 aliphatic heterocycles. The minimum atomic E-state index is -0.905. The summed E-state index contributed by atoms with van der Waals surface area (Å²) in [4.78, 5) is 38.3. The largest absolute Gasteiger partial charge is 0.506 e. The molecule has 0 aliphatic rings. The van der Waals surface area contributed by atoms with Crippen molar-refractivity contribution in [2.75, 3.05) is 21.3 Å². The average Bonchev–Trinajstić information content (AvgIpc) is 2.71. The average molecular weight is 400 g/mol. The van der Waals surface area contributed by atoms with Gasteiger partial charge in [0.05, 0.1) is 37.3 Å². The van der Waals surface area contributed by atoms with Crippen LogP contribution in [0.25, 0.3) is 10.9 Å². The van der Waals surface area contributed by atoms with Crippen molar-refractivity contribution >= 4 is 22.4 Å². The first-order chi connectivity index (χ1) is 13.8. The second kappa shape index (κ2) is 7.50. The Balaban J connectivity index is 2.24. The number of aromatic hydroxyl groups is 1. The van der Waals surface area contributed by atoms with Gasteiger partial charge in [-0.25, -0.2) is 0 Å². The number of ketones is 1. The van der Waals surface area contributed by atoms with Gasteiger partial charge in [-0.2, -0.15) is 0 Å². The van der Waals surface area contributed by atoms with Crippen molar-refractivity contribution in [1.82, 2.24) is 4.98 Å². The van der Waals surface area contributed by atoms with E-state index in [2.05, 4.69) is 4.98 Å². The Labute approximate surface area is 163 Å². The molecule has 0 amide bonds. The normalized spacial score (nSPS) is 10.6. The number of pyridine rings is 1. The molecule has 150 valence electrons. The predicted molar refractivity (Wildman–Crippen MR) is 102 cm³/mol. The molecule has 0 spiro atoms. The fraction of sp³-hybridized carbons (Fsp3) is 0.158. The van der Waals surface area contributed by atoms with Gasteiger partial charge < -0.3 is 24.3 Å². The zero-order valence-electron chi connectivity index (χ0n) is 15.6. The number of aromatic nitrogens is 1. The van der Waals surface area contributed by atoms with Crippen molar-refractivity contribution in [2.24, 2.45) is 0 Å². The Hall–Kier alpha value is -4.08. The summed E-state index contributed by atoms with van der Waals surface area (Å²) in [5, 5.41) is 21.6. The van der Waals surface area contributed by atoms with E-state index in [9.17, 15) is 24.8 Å². The van der Waals surface area contributed by atoms with Crippen LogP contribution in [0.3, 0.4) is 0 Å². The Morgan fingerprint density at radius 3 is 2.34 bits per heavy atom. The molecule has 0 aliphatic carbocycles. The van der Waals surface area contributed by atoms with Crippen LogP contribution in [-0.4, -0.2) is 42.1 Å². The molecule has 0 saturated carbocycles. The van der Waals surface area contributed by atoms with E-state index in [0.29, 0.717) is 5.75 Å². The van der Waals surface area contributed by atoms with E-state index >= 15 is 0 Å². The molecule has 29 heavy (non-hydrogen) atoms. The third kappa shape index (κ3) is 3.20. The Bertz CT molecular complexity index is 1200. The maximum Gasteiger partial charge on any atom is 0.271 e. The zero-order valence-corrected chi connectivity index (χ0v) is 15.6. The fourth-order valence-corrected chi connectivity index (χ4v) is 3.01. The summed E-state index contributed by atoms with van der Waals surface area (Å²) in [6.07, 6.45) is 0. The Morgan fingerprint density at radius 2 is 1.76 bits per heavy atom. The summed E-state index contributed by atoms with van der Waals surface area (Å²) in [7, 11) is 4.09. The first kappa shape index (κ1) is 19.7. The van der Waals surface area contributed by atoms with Crippen molar-refractivity contribution in [3.8, 4) is 23.0 Å². The number of hydrogen-bond acceptors (Lipinski definition) is 8. The first-order valence-corrected chi connectivity index (χ1v) is 8.21. The van der Waals surface area contributed by atoms with Gasteiger partial charge in [-0.05, 0) is 18.2 Å². The zero-order chi connectivity index (χ0) is 21.3. The topological polar surface area (TPSA) is 141 Å². The van der Waals surface area contributed by atoms with Gasteiger partial charge in [0.25, 0.3) is 11.2 Å². The fourth-order valence-electron chi connectivity index (χ4n) is 3.01. The van der Waals surface area contributed by atoms with E-state index in [1.54, 1.807) is 0 Å². The van der Waals surface area contributed by atoms with Gasteiger partial charge in [0.1, 0.15) is 11.3 Å². The minimum absolute atomic E-state index is 0.0255. The van der Waals surface area contributed by atoms with E-state index in [4.69, 9.17) is 14.2 Å². The highest BCUT2D eigenvalue weighted by Gasteiger charge is 2.27. The SMILES string of the molecule is COc1ccc(C(=O)c2c(O)c3ccc([N+](=O)[O-])cc3[nH]c2=O)c(OC)c1OC. The maximum atomic E-state index is 13.1. The van der Waals surface area contributed by atoms with Gasteiger partial charge >= 0.3 is 0 Å². The number of nitro groups is 1. The molecule has 0 bridgehead atoms. The Morgan fingerprint density at radius 1 is 1.07 bits per heavy atom. The van der Waals surface area contributed by atoms with Crippen molar-refractivity contribution < 1.29 is 29.0 Å². The van der Waals surface area contributed by atoms with Gasteiger partial charge in [-0.3, -0.25) is 19.7 Å². The van der Waals surface area contributed by atoms with E-state index in [1.807, 2.05) is 0 Å². The number of nitrogens with zero attached hydrogens (tertiary/aromatic N) is 1. The number of nitro benzene ring substituents is 1. The van der Waals surface area contributed by atoms with Crippen LogP contribution in [0.15, 0.2) is 35.1 Å². The number of non-ortho nitro benzene ring substituents is 1. The second-order valence-corrected chi connectivity index (χ2v) is 5.88. The van der Waals surface area contributed by atoms with Crippen LogP contribution in [0, 0.1) is 10.1 Å². The van der Waals surface area contributed by atoms with Crippen molar-refractivity contribution in [2.45, 2.75) is 0 Å². The number of rotatable bonds is 6. The molecule has 0 fully saturated rings. The molecule has 1 heterocycles. The Kier molecular flexibility index (Phi) is 5.09. The number of ether oxygens (including phenoxy) is 3. The smallest absolute Gasteiger partial charge is 0.271 e. The van der Waals surface area contributed by atoms with Crippen LogP contribution in [-0.2, 0) is 0 Å². The molecule has 0 saturated heterocycles. The van der Waals surface area contributed by atoms with Crippen LogP contribution in [0.4, 0.5) is 5.69 Å². The third-order valence-electron chi connectivity index (χ3n) is 4.36. The van der Waals surface area contributed by atoms with Crippen LogP contribution in [0.2, 0.25) is 0 Å². The van der Waals surface area contributed by atoms with Crippen LogP contribution in [0.5, 0.6) is 23.0 Å². The molecule has 3 rings (SSSR count). The third-order valence-corrected chi connectivity index (χ3v) is 4.36. The number of hydrogen-bond donors (Lipinski definition) is 2. The molecule has 2 aromatic carbocycles. The molecule has 10 nitrogen and oxygen atoms in total. The second-order valence-electron chi connectivity index (χ2n) is 5.88. The number of fused-ring (bicyclic) bond motifs is 1. The highest BCUT2D eigenvalue weighted by atomic mass is 16.6. The van der Waals surface area contributed by atoms with Gasteiger partial charge in [0, 0.05) is 17.5 Å². The van der Waals surface area contributed by atoms with Crippen molar-refractivity contribution in [3.63, 3.8) is 0 Å². The van der Waals surface area contributed by atoms with Crippen LogP contribution in [0.1, 0.15) is 15.9 Å². The molecule has 0 radical (unpaired) electrons. The predicted octanol–water partition coefficient (Wildman–Crippen LogP) is 2.40. The molecule has 2 N–H and O–H groups in total. The van der Waals surface area contributed by atoms with Gasteiger partial charge in [0.15, 0.2) is 11.5 Å². The summed E-state index contributed by atoms with van der Waals surface area (Å²) in [6, 6.07) is 6.35. The highest BCUT2D eigenvalue weighted by Crippen LogP contribution is 2.41. The van der Waals surface area contributed by atoms with Gasteiger partial charge in [-0.15, -0.1) is 0 Å². The highest BCUT2D eigenvalue weighted by molar-refractivity contribution is 6.14. The molecular formula is C19H16N2O8. The van der Waals surface area contributed by atoms with E-state index in [0.717, 1.165) is 12.1 Å². The number of benzene rings is 2. The standard InChI is InChI=1S/C19H16N2O8/c1-27-13-7-6-11(17(28-2)18(13)29-3)16(23)14-15(22)10-5-4-9(21(25)26)8-12(10)20-19(14)24/h4-8H,1-3H3,(H2,20,22,24). The molecule has 3 aromatic rings. The maximum absolute atomic E-state index is 13.1.